The van der Waals surface area contributed by atoms with Crippen molar-refractivity contribution in [2.45, 2.75) is 50.4 Å². The van der Waals surface area contributed by atoms with Crippen molar-refractivity contribution in [2.24, 2.45) is 5.92 Å². The van der Waals surface area contributed by atoms with E-state index in [4.69, 9.17) is 11.6 Å². The molecule has 0 saturated heterocycles. The molecule has 0 nitrogen and oxygen atoms in total. The summed E-state index contributed by atoms with van der Waals surface area (Å²) < 4.78 is 0. The Balaban J connectivity index is 1.91. The lowest BCUT2D eigenvalue weighted by molar-refractivity contribution is 0.416. The van der Waals surface area contributed by atoms with Crippen molar-refractivity contribution in [1.29, 1.82) is 0 Å². The molecule has 0 aliphatic heterocycles. The Hall–Kier alpha value is -0.490. The molecule has 2 aliphatic carbocycles. The van der Waals surface area contributed by atoms with E-state index in [0.29, 0.717) is 5.41 Å². The average Bonchev–Trinajstić information content (AvgIpc) is 2.98. The molecule has 2 aliphatic rings. The van der Waals surface area contributed by atoms with Crippen molar-refractivity contribution in [3.63, 3.8) is 0 Å². The fraction of sp³-hybridized carbons (Fsp3) is 0.625. The summed E-state index contributed by atoms with van der Waals surface area (Å²) in [6.07, 6.45) is 9.49. The maximum absolute atomic E-state index is 5.84. The van der Waals surface area contributed by atoms with Crippen LogP contribution in [-0.2, 0) is 11.8 Å². The molecule has 0 heterocycles. The van der Waals surface area contributed by atoms with Gasteiger partial charge in [-0.25, -0.2) is 0 Å². The van der Waals surface area contributed by atoms with Crippen LogP contribution in [-0.4, -0.2) is 5.88 Å². The molecular weight excluding hydrogens is 228 g/mol. The van der Waals surface area contributed by atoms with Gasteiger partial charge in [0, 0.05) is 5.88 Å². The highest BCUT2D eigenvalue weighted by atomic mass is 35.5. The molecule has 0 N–H and O–H groups in total. The Morgan fingerprint density at radius 2 is 1.94 bits per heavy atom. The van der Waals surface area contributed by atoms with Crippen molar-refractivity contribution < 1.29 is 0 Å². The Morgan fingerprint density at radius 1 is 1.18 bits per heavy atom. The Bertz CT molecular complexity index is 388. The summed E-state index contributed by atoms with van der Waals surface area (Å²) in [5.41, 5.74) is 3.77. The first kappa shape index (κ1) is 11.6. The number of halogens is 1. The predicted octanol–water partition coefficient (Wildman–Crippen LogP) is 4.69. The van der Waals surface area contributed by atoms with Gasteiger partial charge in [-0.3, -0.25) is 0 Å². The van der Waals surface area contributed by atoms with Gasteiger partial charge in [-0.2, -0.15) is 0 Å². The number of aryl methyl sites for hydroxylation is 1. The second-order valence-corrected chi connectivity index (χ2v) is 6.26. The normalized spacial score (nSPS) is 31.0. The Kier molecular flexibility index (Phi) is 3.17. The summed E-state index contributed by atoms with van der Waals surface area (Å²) in [5, 5.41) is 0. The van der Waals surface area contributed by atoms with Crippen LogP contribution in [0.3, 0.4) is 0 Å². The van der Waals surface area contributed by atoms with Crippen LogP contribution in [0.4, 0.5) is 0 Å². The SMILES string of the molecule is ClCCCc1ccccc1C12CCC(CC1)C2. The van der Waals surface area contributed by atoms with E-state index >= 15 is 0 Å². The summed E-state index contributed by atoms with van der Waals surface area (Å²) in [6.45, 7) is 0. The summed E-state index contributed by atoms with van der Waals surface area (Å²) >= 11 is 5.84. The van der Waals surface area contributed by atoms with Crippen molar-refractivity contribution in [2.75, 3.05) is 5.88 Å². The van der Waals surface area contributed by atoms with E-state index in [9.17, 15) is 0 Å². The topological polar surface area (TPSA) is 0 Å². The number of benzene rings is 1. The van der Waals surface area contributed by atoms with Crippen LogP contribution in [0.2, 0.25) is 0 Å². The Morgan fingerprint density at radius 3 is 2.59 bits per heavy atom. The standard InChI is InChI=1S/C16H21Cl/c17-11-3-5-14-4-1-2-6-15(14)16-9-7-13(12-16)8-10-16/h1-2,4,6,13H,3,5,7-12H2. The van der Waals surface area contributed by atoms with Crippen LogP contribution in [0.25, 0.3) is 0 Å². The van der Waals surface area contributed by atoms with Crippen molar-refractivity contribution in [3.8, 4) is 0 Å². The van der Waals surface area contributed by atoms with Gasteiger partial charge < -0.3 is 0 Å². The van der Waals surface area contributed by atoms with Crippen molar-refractivity contribution in [3.05, 3.63) is 35.4 Å². The fourth-order valence-electron chi connectivity index (χ4n) is 4.08. The first-order chi connectivity index (χ1) is 8.34. The quantitative estimate of drug-likeness (QED) is 0.678. The predicted molar refractivity (Wildman–Crippen MR) is 73.7 cm³/mol. The molecule has 1 aromatic carbocycles. The second-order valence-electron chi connectivity index (χ2n) is 5.88. The molecule has 0 amide bonds. The molecule has 1 aromatic rings. The highest BCUT2D eigenvalue weighted by Crippen LogP contribution is 2.56. The summed E-state index contributed by atoms with van der Waals surface area (Å²) in [5.74, 6) is 1.81. The largest absolute Gasteiger partial charge is 0.127 e. The maximum Gasteiger partial charge on any atom is 0.0226 e. The van der Waals surface area contributed by atoms with Crippen LogP contribution in [0.1, 0.15) is 49.7 Å². The minimum Gasteiger partial charge on any atom is -0.127 e. The molecule has 0 spiro atoms. The minimum absolute atomic E-state index is 0.549. The second kappa shape index (κ2) is 4.65. The molecule has 17 heavy (non-hydrogen) atoms. The molecule has 1 heteroatoms. The van der Waals surface area contributed by atoms with E-state index in [-0.39, 0.29) is 0 Å². The third-order valence-corrected chi connectivity index (χ3v) is 5.18. The van der Waals surface area contributed by atoms with E-state index < -0.39 is 0 Å². The molecule has 0 atom stereocenters. The summed E-state index contributed by atoms with van der Waals surface area (Å²) in [6, 6.07) is 9.12. The van der Waals surface area contributed by atoms with E-state index in [1.54, 1.807) is 11.1 Å². The zero-order chi connectivity index (χ0) is 11.7. The number of hydrogen-bond donors (Lipinski definition) is 0. The number of fused-ring (bicyclic) bond motifs is 2. The van der Waals surface area contributed by atoms with Gasteiger partial charge in [0.05, 0.1) is 0 Å². The van der Waals surface area contributed by atoms with Gasteiger partial charge in [0.2, 0.25) is 0 Å². The molecule has 0 aromatic heterocycles. The van der Waals surface area contributed by atoms with E-state index in [1.807, 2.05) is 0 Å². The highest BCUT2D eigenvalue weighted by molar-refractivity contribution is 6.17. The van der Waals surface area contributed by atoms with Gasteiger partial charge in [0.1, 0.15) is 0 Å². The molecule has 2 bridgehead atoms. The smallest absolute Gasteiger partial charge is 0.0226 e. The maximum atomic E-state index is 5.84. The van der Waals surface area contributed by atoms with Gasteiger partial charge in [0.25, 0.3) is 0 Å². The third-order valence-electron chi connectivity index (χ3n) is 4.91. The van der Waals surface area contributed by atoms with E-state index in [2.05, 4.69) is 24.3 Å². The van der Waals surface area contributed by atoms with Crippen LogP contribution >= 0.6 is 11.6 Å². The fourth-order valence-corrected chi connectivity index (χ4v) is 4.22. The van der Waals surface area contributed by atoms with Crippen LogP contribution < -0.4 is 0 Å². The van der Waals surface area contributed by atoms with Crippen LogP contribution in [0.5, 0.6) is 0 Å². The van der Waals surface area contributed by atoms with Crippen molar-refractivity contribution >= 4 is 11.6 Å². The lowest BCUT2D eigenvalue weighted by Gasteiger charge is -2.29. The van der Waals surface area contributed by atoms with Gasteiger partial charge in [-0.1, -0.05) is 24.3 Å². The lowest BCUT2D eigenvalue weighted by atomic mass is 9.75. The molecule has 0 radical (unpaired) electrons. The third kappa shape index (κ3) is 2.01. The number of rotatable bonds is 4. The van der Waals surface area contributed by atoms with E-state index in [1.165, 1.54) is 32.1 Å². The van der Waals surface area contributed by atoms with Gasteiger partial charge in [-0.15, -0.1) is 11.6 Å². The molecular formula is C16H21Cl. The zero-order valence-corrected chi connectivity index (χ0v) is 11.2. The molecule has 2 saturated carbocycles. The molecule has 3 rings (SSSR count). The molecule has 92 valence electrons. The first-order valence-electron chi connectivity index (χ1n) is 6.98. The zero-order valence-electron chi connectivity index (χ0n) is 10.4. The Labute approximate surface area is 109 Å². The lowest BCUT2D eigenvalue weighted by Crippen LogP contribution is -2.21. The number of hydrogen-bond acceptors (Lipinski definition) is 0. The highest BCUT2D eigenvalue weighted by Gasteiger charge is 2.46. The molecule has 0 unspecified atom stereocenters. The van der Waals surface area contributed by atoms with Crippen LogP contribution in [0, 0.1) is 5.92 Å². The van der Waals surface area contributed by atoms with E-state index in [0.717, 1.165) is 24.6 Å². The van der Waals surface area contributed by atoms with Gasteiger partial charge >= 0.3 is 0 Å². The minimum atomic E-state index is 0.549. The first-order valence-corrected chi connectivity index (χ1v) is 7.52. The summed E-state index contributed by atoms with van der Waals surface area (Å²) in [7, 11) is 0. The summed E-state index contributed by atoms with van der Waals surface area (Å²) in [4.78, 5) is 0. The van der Waals surface area contributed by atoms with Gasteiger partial charge in [-0.05, 0) is 67.4 Å². The van der Waals surface area contributed by atoms with Crippen LogP contribution in [0.15, 0.2) is 24.3 Å². The monoisotopic (exact) mass is 248 g/mol. The van der Waals surface area contributed by atoms with Gasteiger partial charge in [0.15, 0.2) is 0 Å². The molecule has 2 fully saturated rings. The average molecular weight is 249 g/mol. The number of alkyl halides is 1. The van der Waals surface area contributed by atoms with Crippen molar-refractivity contribution in [1.82, 2.24) is 0 Å².